The molecular formula is C20H18INO6. The Labute approximate surface area is 175 Å². The number of rotatable bonds is 6. The third-order valence-corrected chi connectivity index (χ3v) is 4.47. The highest BCUT2D eigenvalue weighted by molar-refractivity contribution is 14.1. The fourth-order valence-electron chi connectivity index (χ4n) is 2.44. The van der Waals surface area contributed by atoms with Crippen molar-refractivity contribution in [2.75, 3.05) is 0 Å². The maximum absolute atomic E-state index is 12.3. The molecule has 0 radical (unpaired) electrons. The molecule has 7 nitrogen and oxygen atoms in total. The average molecular weight is 495 g/mol. The molecule has 146 valence electrons. The molecule has 2 amide bonds. The van der Waals surface area contributed by atoms with E-state index in [9.17, 15) is 19.5 Å². The minimum absolute atomic E-state index is 0.108. The van der Waals surface area contributed by atoms with Gasteiger partial charge in [0.15, 0.2) is 0 Å². The predicted molar refractivity (Wildman–Crippen MR) is 110 cm³/mol. The molecule has 2 aromatic rings. The topological polar surface area (TPSA) is 113 Å². The number of carbonyl (C=O) groups excluding carboxylic acids is 2. The maximum atomic E-state index is 12.3. The Kier molecular flexibility index (Phi) is 7.56. The molecule has 0 fully saturated rings. The van der Waals surface area contributed by atoms with E-state index in [1.165, 1.54) is 12.1 Å². The summed E-state index contributed by atoms with van der Waals surface area (Å²) in [6.07, 6.45) is 0.263. The molecule has 28 heavy (non-hydrogen) atoms. The van der Waals surface area contributed by atoms with Gasteiger partial charge in [-0.1, -0.05) is 31.2 Å². The van der Waals surface area contributed by atoms with Crippen LogP contribution in [-0.4, -0.2) is 28.2 Å². The van der Waals surface area contributed by atoms with Crippen LogP contribution in [0.3, 0.4) is 0 Å². The number of ether oxygens (including phenoxy) is 1. The Morgan fingerprint density at radius 2 is 1.82 bits per heavy atom. The van der Waals surface area contributed by atoms with Crippen molar-refractivity contribution in [3.63, 3.8) is 0 Å². The first-order valence-corrected chi connectivity index (χ1v) is 9.32. The van der Waals surface area contributed by atoms with Gasteiger partial charge in [0.1, 0.15) is 11.9 Å². The average Bonchev–Trinajstić information content (AvgIpc) is 2.67. The van der Waals surface area contributed by atoms with E-state index < -0.39 is 30.0 Å². The first-order chi connectivity index (χ1) is 13.3. The summed E-state index contributed by atoms with van der Waals surface area (Å²) in [5, 5.41) is 21.1. The Hall–Kier alpha value is -2.88. The molecule has 0 aliphatic carbocycles. The van der Waals surface area contributed by atoms with Gasteiger partial charge in [0.25, 0.3) is 5.91 Å². The summed E-state index contributed by atoms with van der Waals surface area (Å²) in [5.41, 5.74) is 0.587. The zero-order valence-corrected chi connectivity index (χ0v) is 17.0. The van der Waals surface area contributed by atoms with Crippen LogP contribution in [0.25, 0.3) is 0 Å². The van der Waals surface area contributed by atoms with E-state index in [4.69, 9.17) is 9.84 Å². The van der Waals surface area contributed by atoms with Gasteiger partial charge >= 0.3 is 12.1 Å². The summed E-state index contributed by atoms with van der Waals surface area (Å²) < 4.78 is 6.17. The van der Waals surface area contributed by atoms with Gasteiger partial charge in [-0.05, 0) is 52.9 Å². The molecule has 2 aromatic carbocycles. The fourth-order valence-corrected chi connectivity index (χ4v) is 2.96. The van der Waals surface area contributed by atoms with Crippen LogP contribution in [0.2, 0.25) is 0 Å². The largest absolute Gasteiger partial charge is 0.508 e. The number of carboxylic acids is 1. The first-order valence-electron chi connectivity index (χ1n) is 8.24. The van der Waals surface area contributed by atoms with Crippen LogP contribution in [0.1, 0.15) is 28.9 Å². The van der Waals surface area contributed by atoms with Crippen LogP contribution in [-0.2, 0) is 9.53 Å². The summed E-state index contributed by atoms with van der Waals surface area (Å²) >= 11 is 2.04. The number of aromatic hydroxyl groups is 1. The summed E-state index contributed by atoms with van der Waals surface area (Å²) in [6.45, 7) is 1.63. The second-order valence-electron chi connectivity index (χ2n) is 5.91. The van der Waals surface area contributed by atoms with Crippen molar-refractivity contribution in [1.82, 2.24) is 5.32 Å². The molecule has 8 heteroatoms. The molecule has 2 atom stereocenters. The number of carboxylic acid groups (broad SMARTS) is 1. The lowest BCUT2D eigenvalue weighted by Gasteiger charge is -2.23. The summed E-state index contributed by atoms with van der Waals surface area (Å²) in [5.74, 6) is -2.48. The number of carbonyl (C=O) groups is 3. The Morgan fingerprint density at radius 1 is 1.14 bits per heavy atom. The molecule has 0 aromatic heterocycles. The van der Waals surface area contributed by atoms with Gasteiger partial charge in [0, 0.05) is 26.7 Å². The van der Waals surface area contributed by atoms with Crippen molar-refractivity contribution in [2.24, 2.45) is 5.92 Å². The summed E-state index contributed by atoms with van der Waals surface area (Å²) in [6, 6.07) is 12.9. The molecule has 0 spiro atoms. The van der Waals surface area contributed by atoms with Crippen molar-refractivity contribution >= 4 is 40.6 Å². The SMILES string of the molecule is C[C@@H](/C=C/C(=O)O)[C@H](OC(=O)NC(=O)c1ccccc1)c1cc(I)ccc1O. The molecule has 0 saturated carbocycles. The quantitative estimate of drug-likeness (QED) is 0.414. The van der Waals surface area contributed by atoms with E-state index in [2.05, 4.69) is 5.32 Å². The number of phenolic OH excluding ortho intramolecular Hbond substituents is 1. The van der Waals surface area contributed by atoms with Crippen molar-refractivity contribution < 1.29 is 29.3 Å². The van der Waals surface area contributed by atoms with Crippen LogP contribution < -0.4 is 5.32 Å². The highest BCUT2D eigenvalue weighted by Crippen LogP contribution is 2.34. The lowest BCUT2D eigenvalue weighted by Crippen LogP contribution is -2.33. The summed E-state index contributed by atoms with van der Waals surface area (Å²) in [7, 11) is 0. The van der Waals surface area contributed by atoms with Gasteiger partial charge in [-0.25, -0.2) is 9.59 Å². The smallest absolute Gasteiger partial charge is 0.414 e. The maximum Gasteiger partial charge on any atom is 0.414 e. The minimum Gasteiger partial charge on any atom is -0.508 e. The Morgan fingerprint density at radius 3 is 2.46 bits per heavy atom. The van der Waals surface area contributed by atoms with Crippen LogP contribution in [0, 0.1) is 9.49 Å². The minimum atomic E-state index is -1.15. The van der Waals surface area contributed by atoms with E-state index >= 15 is 0 Å². The van der Waals surface area contributed by atoms with Crippen molar-refractivity contribution in [3.05, 3.63) is 75.4 Å². The monoisotopic (exact) mass is 495 g/mol. The highest BCUT2D eigenvalue weighted by atomic mass is 127. The normalized spacial score (nSPS) is 12.9. The number of nitrogens with one attached hydrogen (secondary N) is 1. The van der Waals surface area contributed by atoms with Gasteiger partial charge < -0.3 is 14.9 Å². The van der Waals surface area contributed by atoms with Gasteiger partial charge in [-0.15, -0.1) is 0 Å². The van der Waals surface area contributed by atoms with Crippen molar-refractivity contribution in [1.29, 1.82) is 0 Å². The third-order valence-electron chi connectivity index (χ3n) is 3.80. The third kappa shape index (κ3) is 6.08. The number of hydrogen-bond acceptors (Lipinski definition) is 5. The highest BCUT2D eigenvalue weighted by Gasteiger charge is 2.26. The number of amides is 2. The van der Waals surface area contributed by atoms with Crippen molar-refractivity contribution in [3.8, 4) is 5.75 Å². The lowest BCUT2D eigenvalue weighted by molar-refractivity contribution is -0.131. The van der Waals surface area contributed by atoms with E-state index in [1.807, 2.05) is 22.6 Å². The molecule has 2 rings (SSSR count). The molecule has 0 saturated heterocycles. The zero-order valence-electron chi connectivity index (χ0n) is 14.8. The Balaban J connectivity index is 2.23. The predicted octanol–water partition coefficient (Wildman–Crippen LogP) is 3.88. The van der Waals surface area contributed by atoms with Gasteiger partial charge in [0.2, 0.25) is 0 Å². The number of alkyl carbamates (subject to hydrolysis) is 1. The lowest BCUT2D eigenvalue weighted by atomic mass is 9.96. The zero-order chi connectivity index (χ0) is 20.7. The first kappa shape index (κ1) is 21.4. The van der Waals surface area contributed by atoms with Gasteiger partial charge in [-0.3, -0.25) is 10.1 Å². The molecular weight excluding hydrogens is 477 g/mol. The number of halogens is 1. The number of imide groups is 1. The number of benzene rings is 2. The molecule has 0 bridgehead atoms. The second kappa shape index (κ2) is 9.88. The number of phenols is 1. The van der Waals surface area contributed by atoms with Crippen LogP contribution in [0.4, 0.5) is 4.79 Å². The number of hydrogen-bond donors (Lipinski definition) is 3. The van der Waals surface area contributed by atoms with E-state index in [1.54, 1.807) is 49.4 Å². The van der Waals surface area contributed by atoms with Crippen LogP contribution in [0.5, 0.6) is 5.75 Å². The van der Waals surface area contributed by atoms with E-state index in [0.29, 0.717) is 5.56 Å². The Bertz CT molecular complexity index is 897. The molecule has 0 unspecified atom stereocenters. The molecule has 3 N–H and O–H groups in total. The standard InChI is InChI=1S/C20H18INO6/c1-12(7-10-17(24)25)18(15-11-14(21)8-9-16(15)23)28-20(27)22-19(26)13-5-3-2-4-6-13/h2-12,18,23H,1H3,(H,24,25)(H,22,26,27)/b10-7+/t12-,18-/m0/s1. The molecule has 0 heterocycles. The van der Waals surface area contributed by atoms with Crippen LogP contribution >= 0.6 is 22.6 Å². The summed E-state index contributed by atoms with van der Waals surface area (Å²) in [4.78, 5) is 35.2. The molecule has 0 aliphatic rings. The fraction of sp³-hybridized carbons (Fsp3) is 0.150. The second-order valence-corrected chi connectivity index (χ2v) is 7.15. The van der Waals surface area contributed by atoms with Crippen LogP contribution in [0.15, 0.2) is 60.7 Å². The van der Waals surface area contributed by atoms with E-state index in [0.717, 1.165) is 9.65 Å². The van der Waals surface area contributed by atoms with Crippen molar-refractivity contribution in [2.45, 2.75) is 13.0 Å². The van der Waals surface area contributed by atoms with E-state index in [-0.39, 0.29) is 11.3 Å². The van der Waals surface area contributed by atoms with Gasteiger partial charge in [-0.2, -0.15) is 0 Å². The van der Waals surface area contributed by atoms with Gasteiger partial charge in [0.05, 0.1) is 0 Å². The number of aliphatic carboxylic acids is 1. The molecule has 0 aliphatic heterocycles.